The number of benzene rings is 2. The molecule has 0 saturated heterocycles. The van der Waals surface area contributed by atoms with Gasteiger partial charge in [0.15, 0.2) is 6.29 Å². The topological polar surface area (TPSA) is 95.1 Å². The quantitative estimate of drug-likeness (QED) is 0.733. The summed E-state index contributed by atoms with van der Waals surface area (Å²) in [6.07, 6.45) is 2.04. The number of hydrogen-bond acceptors (Lipinski definition) is 4. The molecule has 24 heavy (non-hydrogen) atoms. The van der Waals surface area contributed by atoms with Crippen LogP contribution in [0, 0.1) is 5.82 Å². The first-order valence-corrected chi connectivity index (χ1v) is 8.37. The molecular formula is C16H12FN3O3S. The van der Waals surface area contributed by atoms with E-state index < -0.39 is 15.8 Å². The molecule has 2 N–H and O–H groups in total. The van der Waals surface area contributed by atoms with Gasteiger partial charge in [-0.2, -0.15) is 5.10 Å². The fraction of sp³-hybridized carbons (Fsp3) is 0. The van der Waals surface area contributed by atoms with E-state index in [0.717, 1.165) is 0 Å². The lowest BCUT2D eigenvalue weighted by molar-refractivity contribution is 0.112. The van der Waals surface area contributed by atoms with Crippen LogP contribution in [0.25, 0.3) is 16.9 Å². The molecule has 3 rings (SSSR count). The number of carbonyl (C=O) groups is 1. The van der Waals surface area contributed by atoms with E-state index in [1.807, 2.05) is 0 Å². The highest BCUT2D eigenvalue weighted by Crippen LogP contribution is 2.26. The Hall–Kier alpha value is -2.84. The molecule has 0 unspecified atom stereocenters. The Kier molecular flexibility index (Phi) is 4.00. The number of nitrogens with zero attached hydrogens (tertiary/aromatic N) is 2. The van der Waals surface area contributed by atoms with Crippen molar-refractivity contribution < 1.29 is 17.6 Å². The molecule has 0 aliphatic carbocycles. The molecule has 0 fully saturated rings. The maximum Gasteiger partial charge on any atom is 0.238 e. The largest absolute Gasteiger partial charge is 0.298 e. The highest BCUT2D eigenvalue weighted by atomic mass is 32.2. The minimum absolute atomic E-state index is 0.0302. The SMILES string of the molecule is NS(=O)(=O)c1ccc(-n2ncc(C=O)c2-c2ccc(F)cc2)cc1. The van der Waals surface area contributed by atoms with Crippen LogP contribution in [0.5, 0.6) is 0 Å². The Bertz CT molecular complexity index is 994. The molecule has 0 radical (unpaired) electrons. The van der Waals surface area contributed by atoms with Crippen LogP contribution in [0.4, 0.5) is 4.39 Å². The summed E-state index contributed by atoms with van der Waals surface area (Å²) in [6, 6.07) is 11.4. The van der Waals surface area contributed by atoms with E-state index in [0.29, 0.717) is 28.8 Å². The second-order valence-corrected chi connectivity index (χ2v) is 6.59. The van der Waals surface area contributed by atoms with E-state index in [-0.39, 0.29) is 4.90 Å². The fourth-order valence-electron chi connectivity index (χ4n) is 2.32. The Morgan fingerprint density at radius 3 is 2.21 bits per heavy atom. The first-order valence-electron chi connectivity index (χ1n) is 6.82. The van der Waals surface area contributed by atoms with Crippen molar-refractivity contribution in [1.29, 1.82) is 0 Å². The molecular weight excluding hydrogens is 333 g/mol. The molecule has 3 aromatic rings. The van der Waals surface area contributed by atoms with E-state index in [9.17, 15) is 17.6 Å². The van der Waals surface area contributed by atoms with Gasteiger partial charge in [-0.3, -0.25) is 4.79 Å². The third-order valence-corrected chi connectivity index (χ3v) is 4.38. The van der Waals surface area contributed by atoms with Crippen LogP contribution in [0.1, 0.15) is 10.4 Å². The fourth-order valence-corrected chi connectivity index (χ4v) is 2.83. The van der Waals surface area contributed by atoms with Gasteiger partial charge in [-0.1, -0.05) is 0 Å². The van der Waals surface area contributed by atoms with Crippen LogP contribution in [0.2, 0.25) is 0 Å². The minimum Gasteiger partial charge on any atom is -0.298 e. The summed E-state index contributed by atoms with van der Waals surface area (Å²) in [5.74, 6) is -0.394. The summed E-state index contributed by atoms with van der Waals surface area (Å²) in [5.41, 5.74) is 1.95. The second kappa shape index (κ2) is 5.99. The van der Waals surface area contributed by atoms with Crippen molar-refractivity contribution in [2.24, 2.45) is 5.14 Å². The number of halogens is 1. The number of hydrogen-bond donors (Lipinski definition) is 1. The highest BCUT2D eigenvalue weighted by Gasteiger charge is 2.15. The zero-order chi connectivity index (χ0) is 17.3. The zero-order valence-corrected chi connectivity index (χ0v) is 13.1. The van der Waals surface area contributed by atoms with Gasteiger partial charge in [-0.15, -0.1) is 0 Å². The molecule has 0 saturated carbocycles. The van der Waals surface area contributed by atoms with Crippen LogP contribution in [-0.4, -0.2) is 24.5 Å². The lowest BCUT2D eigenvalue weighted by Gasteiger charge is -2.09. The van der Waals surface area contributed by atoms with Crippen molar-refractivity contribution in [2.75, 3.05) is 0 Å². The standard InChI is InChI=1S/C16H12FN3O3S/c17-13-3-1-11(2-4-13)16-12(10-21)9-19-20(16)14-5-7-15(8-6-14)24(18,22)23/h1-10H,(H2,18,22,23). The number of primary sulfonamides is 1. The maximum atomic E-state index is 13.1. The molecule has 0 atom stereocenters. The van der Waals surface area contributed by atoms with E-state index in [4.69, 9.17) is 5.14 Å². The second-order valence-electron chi connectivity index (χ2n) is 5.02. The molecule has 1 heterocycles. The van der Waals surface area contributed by atoms with Gasteiger partial charge < -0.3 is 0 Å². The Morgan fingerprint density at radius 2 is 1.67 bits per heavy atom. The molecule has 8 heteroatoms. The Balaban J connectivity index is 2.14. The van der Waals surface area contributed by atoms with Gasteiger partial charge >= 0.3 is 0 Å². The Morgan fingerprint density at radius 1 is 1.04 bits per heavy atom. The molecule has 2 aromatic carbocycles. The van der Waals surface area contributed by atoms with Gasteiger partial charge in [0.2, 0.25) is 10.0 Å². The van der Waals surface area contributed by atoms with E-state index in [2.05, 4.69) is 5.10 Å². The van der Waals surface area contributed by atoms with Crippen molar-refractivity contribution in [3.05, 3.63) is 66.1 Å². The number of aldehydes is 1. The monoisotopic (exact) mass is 345 g/mol. The molecule has 0 aliphatic heterocycles. The van der Waals surface area contributed by atoms with Gasteiger partial charge in [0, 0.05) is 5.56 Å². The average Bonchev–Trinajstić information content (AvgIpc) is 2.99. The van der Waals surface area contributed by atoms with Crippen LogP contribution in [-0.2, 0) is 10.0 Å². The molecule has 0 spiro atoms. The van der Waals surface area contributed by atoms with Crippen molar-refractivity contribution in [3.63, 3.8) is 0 Å². The lowest BCUT2D eigenvalue weighted by Crippen LogP contribution is -2.12. The predicted molar refractivity (Wildman–Crippen MR) is 85.7 cm³/mol. The summed E-state index contributed by atoms with van der Waals surface area (Å²) in [6.45, 7) is 0. The molecule has 1 aromatic heterocycles. The number of sulfonamides is 1. The van der Waals surface area contributed by atoms with Gasteiger partial charge in [0.1, 0.15) is 5.82 Å². The average molecular weight is 345 g/mol. The van der Waals surface area contributed by atoms with Crippen LogP contribution in [0.15, 0.2) is 59.6 Å². The van der Waals surface area contributed by atoms with Gasteiger partial charge in [-0.05, 0) is 48.5 Å². The lowest BCUT2D eigenvalue weighted by atomic mass is 10.1. The predicted octanol–water partition coefficient (Wildman–Crippen LogP) is 2.14. The minimum atomic E-state index is -3.80. The van der Waals surface area contributed by atoms with Crippen LogP contribution >= 0.6 is 0 Å². The number of nitrogens with two attached hydrogens (primary N) is 1. The number of aromatic nitrogens is 2. The van der Waals surface area contributed by atoms with Crippen LogP contribution < -0.4 is 5.14 Å². The summed E-state index contributed by atoms with van der Waals surface area (Å²) < 4.78 is 37.3. The first kappa shape index (κ1) is 16.0. The highest BCUT2D eigenvalue weighted by molar-refractivity contribution is 7.89. The van der Waals surface area contributed by atoms with Gasteiger partial charge in [0.25, 0.3) is 0 Å². The van der Waals surface area contributed by atoms with Crippen LogP contribution in [0.3, 0.4) is 0 Å². The molecule has 6 nitrogen and oxygen atoms in total. The molecule has 0 bridgehead atoms. The zero-order valence-electron chi connectivity index (χ0n) is 12.3. The smallest absolute Gasteiger partial charge is 0.238 e. The number of carbonyl (C=O) groups excluding carboxylic acids is 1. The summed E-state index contributed by atoms with van der Waals surface area (Å²) >= 11 is 0. The number of rotatable bonds is 4. The first-order chi connectivity index (χ1) is 11.4. The van der Waals surface area contributed by atoms with Crippen molar-refractivity contribution in [1.82, 2.24) is 9.78 Å². The summed E-state index contributed by atoms with van der Waals surface area (Å²) in [7, 11) is -3.80. The van der Waals surface area contributed by atoms with E-state index in [1.54, 1.807) is 0 Å². The Labute approximate surface area is 137 Å². The van der Waals surface area contributed by atoms with E-state index >= 15 is 0 Å². The van der Waals surface area contributed by atoms with Crippen molar-refractivity contribution in [2.45, 2.75) is 4.90 Å². The summed E-state index contributed by atoms with van der Waals surface area (Å²) in [5, 5.41) is 9.23. The third-order valence-electron chi connectivity index (χ3n) is 3.45. The third kappa shape index (κ3) is 2.97. The maximum absolute atomic E-state index is 13.1. The van der Waals surface area contributed by atoms with Gasteiger partial charge in [-0.25, -0.2) is 22.6 Å². The normalized spacial score (nSPS) is 11.4. The van der Waals surface area contributed by atoms with Crippen molar-refractivity contribution in [3.8, 4) is 16.9 Å². The summed E-state index contributed by atoms with van der Waals surface area (Å²) in [4.78, 5) is 11.2. The molecule has 0 aliphatic rings. The molecule has 122 valence electrons. The molecule has 0 amide bonds. The van der Waals surface area contributed by atoms with Crippen molar-refractivity contribution >= 4 is 16.3 Å². The van der Waals surface area contributed by atoms with Gasteiger partial charge in [0.05, 0.1) is 28.0 Å². The van der Waals surface area contributed by atoms with E-state index in [1.165, 1.54) is 59.4 Å².